The van der Waals surface area contributed by atoms with E-state index >= 15 is 0 Å². The lowest BCUT2D eigenvalue weighted by Crippen LogP contribution is -2.18. The van der Waals surface area contributed by atoms with Gasteiger partial charge in [0.15, 0.2) is 0 Å². The first-order chi connectivity index (χ1) is 9.17. The van der Waals surface area contributed by atoms with Crippen LogP contribution in [0.5, 0.6) is 0 Å². The standard InChI is InChI=1S/C13H14ClN3O2/c1-19-6-5-16-9-10(8-15)13(18)17-12-4-2-3-11(14)7-12/h2-4,7,9,16H,5-6H2,1H3,(H,17,18)/b10-9-. The molecule has 19 heavy (non-hydrogen) atoms. The number of nitrogens with one attached hydrogen (secondary N) is 2. The minimum absolute atomic E-state index is 0.0175. The quantitative estimate of drug-likeness (QED) is 0.474. The number of halogens is 1. The number of rotatable bonds is 6. The number of nitrogens with zero attached hydrogens (tertiary/aromatic N) is 1. The van der Waals surface area contributed by atoms with Gasteiger partial charge in [0.1, 0.15) is 11.6 Å². The highest BCUT2D eigenvalue weighted by atomic mass is 35.5. The van der Waals surface area contributed by atoms with Gasteiger partial charge in [-0.25, -0.2) is 0 Å². The van der Waals surface area contributed by atoms with Gasteiger partial charge >= 0.3 is 0 Å². The molecule has 0 radical (unpaired) electrons. The average molecular weight is 280 g/mol. The molecule has 1 aromatic rings. The first-order valence-corrected chi connectivity index (χ1v) is 5.94. The van der Waals surface area contributed by atoms with Crippen LogP contribution in [0.3, 0.4) is 0 Å². The highest BCUT2D eigenvalue weighted by molar-refractivity contribution is 6.31. The van der Waals surface area contributed by atoms with Crippen molar-refractivity contribution in [3.05, 3.63) is 41.1 Å². The Labute approximate surface area is 116 Å². The number of hydrogen-bond donors (Lipinski definition) is 2. The minimum atomic E-state index is -0.491. The Hall–Kier alpha value is -2.03. The van der Waals surface area contributed by atoms with Crippen LogP contribution in [-0.2, 0) is 9.53 Å². The summed E-state index contributed by atoms with van der Waals surface area (Å²) >= 11 is 5.80. The smallest absolute Gasteiger partial charge is 0.267 e. The Bertz CT molecular complexity index is 509. The van der Waals surface area contributed by atoms with Gasteiger partial charge in [-0.2, -0.15) is 5.26 Å². The largest absolute Gasteiger partial charge is 0.387 e. The second kappa shape index (κ2) is 8.14. The number of ether oxygens (including phenoxy) is 1. The van der Waals surface area contributed by atoms with E-state index in [2.05, 4.69) is 10.6 Å². The molecule has 1 rings (SSSR count). The van der Waals surface area contributed by atoms with Crippen LogP contribution in [0.4, 0.5) is 5.69 Å². The van der Waals surface area contributed by atoms with E-state index in [0.29, 0.717) is 23.9 Å². The average Bonchev–Trinajstić information content (AvgIpc) is 2.38. The van der Waals surface area contributed by atoms with E-state index in [4.69, 9.17) is 21.6 Å². The molecule has 6 heteroatoms. The molecule has 0 aromatic heterocycles. The van der Waals surface area contributed by atoms with Gasteiger partial charge in [-0.05, 0) is 18.2 Å². The SMILES string of the molecule is COCCN/C=C(/C#N)C(=O)Nc1cccc(Cl)c1. The molecule has 0 spiro atoms. The van der Waals surface area contributed by atoms with Crippen LogP contribution in [0.25, 0.3) is 0 Å². The molecule has 1 aromatic carbocycles. The fourth-order valence-electron chi connectivity index (χ4n) is 1.25. The number of carbonyl (C=O) groups is 1. The second-order valence-corrected chi connectivity index (χ2v) is 4.02. The monoisotopic (exact) mass is 279 g/mol. The molecule has 1 amide bonds. The number of nitriles is 1. The van der Waals surface area contributed by atoms with Crippen LogP contribution in [0.2, 0.25) is 5.02 Å². The first-order valence-electron chi connectivity index (χ1n) is 5.57. The molecule has 2 N–H and O–H groups in total. The highest BCUT2D eigenvalue weighted by Crippen LogP contribution is 2.15. The van der Waals surface area contributed by atoms with Gasteiger partial charge in [0, 0.05) is 30.6 Å². The topological polar surface area (TPSA) is 74.1 Å². The van der Waals surface area contributed by atoms with Crippen LogP contribution in [0.15, 0.2) is 36.0 Å². The highest BCUT2D eigenvalue weighted by Gasteiger charge is 2.08. The maximum Gasteiger partial charge on any atom is 0.267 e. The molecule has 0 saturated heterocycles. The summed E-state index contributed by atoms with van der Waals surface area (Å²) in [5.41, 5.74) is 0.520. The molecule has 5 nitrogen and oxygen atoms in total. The molecule has 0 aliphatic rings. The molecule has 100 valence electrons. The third-order valence-electron chi connectivity index (χ3n) is 2.14. The maximum atomic E-state index is 11.8. The minimum Gasteiger partial charge on any atom is -0.387 e. The maximum absolute atomic E-state index is 11.8. The van der Waals surface area contributed by atoms with E-state index < -0.39 is 5.91 Å². The summed E-state index contributed by atoms with van der Waals surface area (Å²) in [6.45, 7) is 1.01. The zero-order valence-corrected chi connectivity index (χ0v) is 11.2. The van der Waals surface area contributed by atoms with E-state index in [1.807, 2.05) is 6.07 Å². The molecular weight excluding hydrogens is 266 g/mol. The molecule has 0 aliphatic heterocycles. The molecule has 0 bridgehead atoms. The number of hydrogen-bond acceptors (Lipinski definition) is 4. The van der Waals surface area contributed by atoms with Gasteiger partial charge in [0.05, 0.1) is 6.61 Å². The fraction of sp³-hybridized carbons (Fsp3) is 0.231. The normalized spacial score (nSPS) is 10.7. The zero-order chi connectivity index (χ0) is 14.1. The lowest BCUT2D eigenvalue weighted by Gasteiger charge is -2.05. The summed E-state index contributed by atoms with van der Waals surface area (Å²) in [5, 5.41) is 14.8. The summed E-state index contributed by atoms with van der Waals surface area (Å²) in [6.07, 6.45) is 1.36. The van der Waals surface area contributed by atoms with Crippen molar-refractivity contribution in [3.63, 3.8) is 0 Å². The van der Waals surface area contributed by atoms with Gasteiger partial charge < -0.3 is 15.4 Å². The Kier molecular flexibility index (Phi) is 6.44. The summed E-state index contributed by atoms with van der Waals surface area (Å²) in [6, 6.07) is 8.53. The van der Waals surface area contributed by atoms with Crippen molar-refractivity contribution in [2.45, 2.75) is 0 Å². The van der Waals surface area contributed by atoms with Gasteiger partial charge in [-0.1, -0.05) is 17.7 Å². The van der Waals surface area contributed by atoms with Crippen molar-refractivity contribution in [2.75, 3.05) is 25.6 Å². The lowest BCUT2D eigenvalue weighted by molar-refractivity contribution is -0.112. The van der Waals surface area contributed by atoms with Gasteiger partial charge in [-0.3, -0.25) is 4.79 Å². The van der Waals surface area contributed by atoms with Crippen molar-refractivity contribution >= 4 is 23.2 Å². The number of anilines is 1. The number of carbonyl (C=O) groups excluding carboxylic acids is 1. The van der Waals surface area contributed by atoms with Crippen LogP contribution in [-0.4, -0.2) is 26.2 Å². The van der Waals surface area contributed by atoms with E-state index in [1.54, 1.807) is 31.4 Å². The molecule has 0 unspecified atom stereocenters. The van der Waals surface area contributed by atoms with Crippen molar-refractivity contribution in [1.29, 1.82) is 5.26 Å². The zero-order valence-electron chi connectivity index (χ0n) is 10.4. The Morgan fingerprint density at radius 3 is 3.00 bits per heavy atom. The van der Waals surface area contributed by atoms with E-state index in [-0.39, 0.29) is 5.57 Å². The van der Waals surface area contributed by atoms with Crippen molar-refractivity contribution < 1.29 is 9.53 Å². The van der Waals surface area contributed by atoms with E-state index in [1.165, 1.54) is 6.20 Å². The summed E-state index contributed by atoms with van der Waals surface area (Å²) in [4.78, 5) is 11.8. The van der Waals surface area contributed by atoms with Gasteiger partial charge in [-0.15, -0.1) is 0 Å². The fourth-order valence-corrected chi connectivity index (χ4v) is 1.44. The van der Waals surface area contributed by atoms with Crippen LogP contribution in [0.1, 0.15) is 0 Å². The molecule has 0 fully saturated rings. The van der Waals surface area contributed by atoms with E-state index in [9.17, 15) is 4.79 Å². The van der Waals surface area contributed by atoms with Crippen molar-refractivity contribution in [1.82, 2.24) is 5.32 Å². The van der Waals surface area contributed by atoms with Crippen molar-refractivity contribution in [3.8, 4) is 6.07 Å². The van der Waals surface area contributed by atoms with Gasteiger partial charge in [0.25, 0.3) is 5.91 Å². The summed E-state index contributed by atoms with van der Waals surface area (Å²) in [7, 11) is 1.57. The Morgan fingerprint density at radius 2 is 2.37 bits per heavy atom. The first kappa shape index (κ1) is 15.0. The Balaban J connectivity index is 2.62. The molecule has 0 atom stereocenters. The predicted molar refractivity (Wildman–Crippen MR) is 73.7 cm³/mol. The summed E-state index contributed by atoms with van der Waals surface area (Å²) in [5.74, 6) is -0.491. The van der Waals surface area contributed by atoms with Crippen LogP contribution >= 0.6 is 11.6 Å². The summed E-state index contributed by atoms with van der Waals surface area (Å²) < 4.78 is 4.84. The second-order valence-electron chi connectivity index (χ2n) is 3.58. The number of methoxy groups -OCH3 is 1. The molecular formula is C13H14ClN3O2. The molecule has 0 heterocycles. The van der Waals surface area contributed by atoms with Crippen LogP contribution < -0.4 is 10.6 Å². The third kappa shape index (κ3) is 5.42. The van der Waals surface area contributed by atoms with Crippen LogP contribution in [0, 0.1) is 11.3 Å². The molecule has 0 saturated carbocycles. The van der Waals surface area contributed by atoms with E-state index in [0.717, 1.165) is 0 Å². The van der Waals surface area contributed by atoms with Gasteiger partial charge in [0.2, 0.25) is 0 Å². The van der Waals surface area contributed by atoms with Crippen molar-refractivity contribution in [2.24, 2.45) is 0 Å². The Morgan fingerprint density at radius 1 is 1.58 bits per heavy atom. The third-order valence-corrected chi connectivity index (χ3v) is 2.38. The number of amides is 1. The molecule has 0 aliphatic carbocycles. The lowest BCUT2D eigenvalue weighted by atomic mass is 10.2. The number of benzene rings is 1. The predicted octanol–water partition coefficient (Wildman–Crippen LogP) is 1.92.